The van der Waals surface area contributed by atoms with Crippen molar-refractivity contribution in [3.8, 4) is 0 Å². The van der Waals surface area contributed by atoms with E-state index in [1.807, 2.05) is 0 Å². The molecule has 9 nitrogen and oxygen atoms in total. The Kier molecular flexibility index (Phi) is 3.89. The van der Waals surface area contributed by atoms with E-state index >= 15 is 0 Å². The minimum absolute atomic E-state index is 0.0923. The van der Waals surface area contributed by atoms with Crippen LogP contribution in [-0.4, -0.2) is 36.1 Å². The normalized spacial score (nSPS) is 12.0. The van der Waals surface area contributed by atoms with Gasteiger partial charge in [0.15, 0.2) is 0 Å². The number of carbonyl (C=O) groups excluding carboxylic acids is 1. The quantitative estimate of drug-likeness (QED) is 0.693. The third-order valence-electron chi connectivity index (χ3n) is 3.77. The number of halogens is 3. The van der Waals surface area contributed by atoms with Gasteiger partial charge in [-0.25, -0.2) is 0 Å². The van der Waals surface area contributed by atoms with Crippen molar-refractivity contribution < 1.29 is 27.9 Å². The molecule has 1 amide bonds. The minimum Gasteiger partial charge on any atom is -0.481 e. The smallest absolute Gasteiger partial charge is 0.417 e. The third-order valence-corrected chi connectivity index (χ3v) is 3.77. The molecule has 3 rings (SSSR count). The second-order valence-corrected chi connectivity index (χ2v) is 5.37. The highest BCUT2D eigenvalue weighted by Gasteiger charge is 2.36. The molecule has 3 N–H and O–H groups in total. The number of aryl methyl sites for hydroxylation is 1. The third kappa shape index (κ3) is 2.74. The molecule has 0 aliphatic heterocycles. The summed E-state index contributed by atoms with van der Waals surface area (Å²) < 4.78 is 41.9. The summed E-state index contributed by atoms with van der Waals surface area (Å²) in [4.78, 5) is 34.8. The second kappa shape index (κ2) is 5.82. The number of fused-ring (bicyclic) bond motifs is 3. The molecule has 0 unspecified atom stereocenters. The van der Waals surface area contributed by atoms with Crippen LogP contribution >= 0.6 is 0 Å². The Labute approximate surface area is 141 Å². The average molecular weight is 369 g/mol. The molecule has 136 valence electrons. The van der Waals surface area contributed by atoms with Crippen molar-refractivity contribution >= 4 is 28.6 Å². The SMILES string of the molecule is NC(=O)c1cc2c(cc1C(F)(F)F)n1cnnc1c(=O)n2CCC(=O)O. The number of alkyl halides is 3. The summed E-state index contributed by atoms with van der Waals surface area (Å²) in [6.07, 6.45) is -4.29. The van der Waals surface area contributed by atoms with Gasteiger partial charge in [-0.3, -0.25) is 18.8 Å². The lowest BCUT2D eigenvalue weighted by Gasteiger charge is -2.16. The van der Waals surface area contributed by atoms with Crippen LogP contribution in [0.25, 0.3) is 16.7 Å². The number of rotatable bonds is 4. The number of aromatic nitrogens is 4. The van der Waals surface area contributed by atoms with Crippen molar-refractivity contribution in [3.05, 3.63) is 39.9 Å². The number of aliphatic carboxylic acids is 1. The summed E-state index contributed by atoms with van der Waals surface area (Å²) >= 11 is 0. The number of benzene rings is 1. The first-order valence-electron chi connectivity index (χ1n) is 7.10. The van der Waals surface area contributed by atoms with Crippen molar-refractivity contribution in [3.63, 3.8) is 0 Å². The fourth-order valence-electron chi connectivity index (χ4n) is 2.64. The zero-order valence-electron chi connectivity index (χ0n) is 12.8. The maximum Gasteiger partial charge on any atom is 0.417 e. The van der Waals surface area contributed by atoms with Crippen LogP contribution < -0.4 is 11.3 Å². The Bertz CT molecular complexity index is 1120. The summed E-state index contributed by atoms with van der Waals surface area (Å²) in [5.41, 5.74) is 1.70. The van der Waals surface area contributed by atoms with E-state index in [9.17, 15) is 27.6 Å². The Morgan fingerprint density at radius 1 is 1.23 bits per heavy atom. The van der Waals surface area contributed by atoms with Crippen LogP contribution in [0.5, 0.6) is 0 Å². The summed E-state index contributed by atoms with van der Waals surface area (Å²) in [5.74, 6) is -2.55. The predicted molar refractivity (Wildman–Crippen MR) is 80.5 cm³/mol. The van der Waals surface area contributed by atoms with Gasteiger partial charge in [-0.2, -0.15) is 13.2 Å². The molecule has 2 aromatic heterocycles. The molecule has 0 spiro atoms. The van der Waals surface area contributed by atoms with Gasteiger partial charge in [0.2, 0.25) is 11.6 Å². The number of hydrogen-bond acceptors (Lipinski definition) is 5. The molecule has 0 saturated heterocycles. The number of carboxylic acids is 1. The number of carboxylic acid groups (broad SMARTS) is 1. The first kappa shape index (κ1) is 17.4. The highest BCUT2D eigenvalue weighted by molar-refractivity contribution is 5.98. The first-order valence-corrected chi connectivity index (χ1v) is 7.10. The Balaban J connectivity index is 2.47. The molecule has 2 heterocycles. The highest BCUT2D eigenvalue weighted by atomic mass is 19.4. The first-order chi connectivity index (χ1) is 12.1. The van der Waals surface area contributed by atoms with Gasteiger partial charge in [0.05, 0.1) is 28.6 Å². The zero-order valence-corrected chi connectivity index (χ0v) is 12.8. The Hall–Kier alpha value is -3.44. The monoisotopic (exact) mass is 369 g/mol. The largest absolute Gasteiger partial charge is 0.481 e. The van der Waals surface area contributed by atoms with Gasteiger partial charge in [0, 0.05) is 6.54 Å². The van der Waals surface area contributed by atoms with Gasteiger partial charge in [-0.15, -0.1) is 10.2 Å². The fraction of sp³-hybridized carbons (Fsp3) is 0.214. The van der Waals surface area contributed by atoms with Gasteiger partial charge in [0.1, 0.15) is 6.33 Å². The van der Waals surface area contributed by atoms with E-state index in [0.717, 1.165) is 21.4 Å². The maximum absolute atomic E-state index is 13.3. The summed E-state index contributed by atoms with van der Waals surface area (Å²) in [7, 11) is 0. The van der Waals surface area contributed by atoms with Crippen LogP contribution in [0.15, 0.2) is 23.3 Å². The van der Waals surface area contributed by atoms with E-state index in [1.165, 1.54) is 0 Å². The molecular weight excluding hydrogens is 359 g/mol. The molecule has 0 aliphatic rings. The molecule has 0 saturated carbocycles. The van der Waals surface area contributed by atoms with Crippen molar-refractivity contribution in [2.45, 2.75) is 19.1 Å². The Morgan fingerprint density at radius 3 is 2.50 bits per heavy atom. The molecule has 0 bridgehead atoms. The van der Waals surface area contributed by atoms with E-state index in [2.05, 4.69) is 10.2 Å². The van der Waals surface area contributed by atoms with Crippen LogP contribution in [0.1, 0.15) is 22.3 Å². The molecule has 0 fully saturated rings. The van der Waals surface area contributed by atoms with Gasteiger partial charge in [-0.1, -0.05) is 0 Å². The lowest BCUT2D eigenvalue weighted by atomic mass is 10.0. The van der Waals surface area contributed by atoms with E-state index in [-0.39, 0.29) is 23.2 Å². The molecule has 3 aromatic rings. The van der Waals surface area contributed by atoms with E-state index in [4.69, 9.17) is 10.8 Å². The molecule has 0 radical (unpaired) electrons. The van der Waals surface area contributed by atoms with E-state index in [0.29, 0.717) is 6.07 Å². The number of nitrogens with zero attached hydrogens (tertiary/aromatic N) is 4. The average Bonchev–Trinajstić information content (AvgIpc) is 3.02. The zero-order chi connectivity index (χ0) is 19.2. The lowest BCUT2D eigenvalue weighted by Crippen LogP contribution is -2.26. The van der Waals surface area contributed by atoms with Crippen molar-refractivity contribution in [1.29, 1.82) is 0 Å². The predicted octanol–water partition coefficient (Wildman–Crippen LogP) is 0.637. The van der Waals surface area contributed by atoms with Crippen molar-refractivity contribution in [2.24, 2.45) is 5.73 Å². The van der Waals surface area contributed by atoms with Crippen LogP contribution in [-0.2, 0) is 17.5 Å². The van der Waals surface area contributed by atoms with Gasteiger partial charge in [0.25, 0.3) is 5.56 Å². The Morgan fingerprint density at radius 2 is 1.92 bits per heavy atom. The molecule has 12 heteroatoms. The molecule has 26 heavy (non-hydrogen) atoms. The summed E-state index contributed by atoms with van der Waals surface area (Å²) in [6.45, 7) is -0.336. The van der Waals surface area contributed by atoms with Crippen molar-refractivity contribution in [1.82, 2.24) is 19.2 Å². The molecular formula is C14H10F3N5O4. The summed E-state index contributed by atoms with van der Waals surface area (Å²) in [6, 6.07) is 1.48. The number of nitrogens with two attached hydrogens (primary N) is 1. The van der Waals surface area contributed by atoms with Crippen molar-refractivity contribution in [2.75, 3.05) is 0 Å². The van der Waals surface area contributed by atoms with Crippen LogP contribution in [0.2, 0.25) is 0 Å². The number of carbonyl (C=O) groups is 2. The number of hydrogen-bond donors (Lipinski definition) is 2. The molecule has 0 aliphatic carbocycles. The molecule has 1 aromatic carbocycles. The van der Waals surface area contributed by atoms with Crippen LogP contribution in [0.3, 0.4) is 0 Å². The topological polar surface area (TPSA) is 133 Å². The second-order valence-electron chi connectivity index (χ2n) is 5.37. The maximum atomic E-state index is 13.3. The number of amides is 1. The minimum atomic E-state index is -4.87. The van der Waals surface area contributed by atoms with Gasteiger partial charge < -0.3 is 15.4 Å². The fourth-order valence-corrected chi connectivity index (χ4v) is 2.64. The van der Waals surface area contributed by atoms with Gasteiger partial charge in [-0.05, 0) is 12.1 Å². The van der Waals surface area contributed by atoms with Crippen LogP contribution in [0.4, 0.5) is 13.2 Å². The standard InChI is InChI=1S/C14H10F3N5O4/c15-14(16,17)7-4-9-8(3-6(7)11(18)25)21(2-1-10(23)24)13(26)12-20-19-5-22(9)12/h3-5H,1-2H2,(H2,18,25)(H,23,24). The van der Waals surface area contributed by atoms with Gasteiger partial charge >= 0.3 is 12.1 Å². The lowest BCUT2D eigenvalue weighted by molar-refractivity contribution is -0.138. The number of primary amides is 1. The van der Waals surface area contributed by atoms with Crippen LogP contribution in [0, 0.1) is 0 Å². The van der Waals surface area contributed by atoms with E-state index in [1.54, 1.807) is 0 Å². The highest BCUT2D eigenvalue weighted by Crippen LogP contribution is 2.34. The summed E-state index contributed by atoms with van der Waals surface area (Å²) in [5, 5.41) is 15.9. The van der Waals surface area contributed by atoms with E-state index < -0.39 is 41.2 Å². The molecule has 0 atom stereocenters.